The fourth-order valence-electron chi connectivity index (χ4n) is 3.42. The molecule has 0 amide bonds. The minimum atomic E-state index is -4.04. The third-order valence-electron chi connectivity index (χ3n) is 5.05. The van der Waals surface area contributed by atoms with Gasteiger partial charge in [-0.1, -0.05) is 18.2 Å². The van der Waals surface area contributed by atoms with E-state index < -0.39 is 10.0 Å². The highest BCUT2D eigenvalue weighted by Gasteiger charge is 2.35. The van der Waals surface area contributed by atoms with Gasteiger partial charge in [0.25, 0.3) is 15.2 Å². The first kappa shape index (κ1) is 22.0. The molecule has 1 fully saturated rings. The van der Waals surface area contributed by atoms with E-state index in [9.17, 15) is 8.42 Å². The summed E-state index contributed by atoms with van der Waals surface area (Å²) in [6, 6.07) is 16.5. The Bertz CT molecular complexity index is 1250. The van der Waals surface area contributed by atoms with E-state index in [4.69, 9.17) is 26.4 Å². The molecule has 2 aromatic carbocycles. The third kappa shape index (κ3) is 4.23. The van der Waals surface area contributed by atoms with Crippen LogP contribution < -0.4 is 9.47 Å². The van der Waals surface area contributed by atoms with Gasteiger partial charge in [0.15, 0.2) is 0 Å². The van der Waals surface area contributed by atoms with E-state index >= 15 is 0 Å². The van der Waals surface area contributed by atoms with Crippen molar-refractivity contribution in [3.05, 3.63) is 65.7 Å². The second-order valence-electron chi connectivity index (χ2n) is 6.97. The molecule has 0 radical (unpaired) electrons. The van der Waals surface area contributed by atoms with E-state index in [0.717, 1.165) is 15.4 Å². The molecule has 10 heteroatoms. The normalized spacial score (nSPS) is 13.7. The van der Waals surface area contributed by atoms with Crippen molar-refractivity contribution in [3.8, 4) is 22.8 Å². The molecule has 1 aromatic heterocycles. The Balaban J connectivity index is 1.82. The fraction of sp³-hybridized carbons (Fsp3) is 0.227. The number of para-hydroxylation sites is 1. The molecule has 0 N–H and O–H groups in total. The number of nitrogens with zero attached hydrogens (tertiary/aromatic N) is 3. The summed E-state index contributed by atoms with van der Waals surface area (Å²) in [5.74, 6) is 1.36. The molecule has 8 nitrogen and oxygen atoms in total. The van der Waals surface area contributed by atoms with Crippen molar-refractivity contribution < 1.29 is 22.6 Å². The summed E-state index contributed by atoms with van der Waals surface area (Å²) in [5.41, 5.74) is 2.62. The van der Waals surface area contributed by atoms with E-state index in [2.05, 4.69) is 10.2 Å². The van der Waals surface area contributed by atoms with Gasteiger partial charge in [-0.15, -0.1) is 10.2 Å². The van der Waals surface area contributed by atoms with Crippen LogP contribution in [0.5, 0.6) is 11.5 Å². The smallest absolute Gasteiger partial charge is 0.287 e. The highest BCUT2D eigenvalue weighted by Crippen LogP contribution is 2.29. The molecule has 1 aliphatic heterocycles. The van der Waals surface area contributed by atoms with Gasteiger partial charge in [-0.3, -0.25) is 0 Å². The molecule has 0 unspecified atom stereocenters. The maximum Gasteiger partial charge on any atom is 0.287 e. The van der Waals surface area contributed by atoms with E-state index in [1.165, 1.54) is 0 Å². The lowest BCUT2D eigenvalue weighted by Gasteiger charge is -2.18. The zero-order chi connectivity index (χ0) is 22.7. The molecule has 0 atom stereocenters. The Morgan fingerprint density at radius 3 is 2.44 bits per heavy atom. The number of hydrogen-bond donors (Lipinski definition) is 0. The van der Waals surface area contributed by atoms with Crippen LogP contribution in [-0.4, -0.2) is 55.5 Å². The van der Waals surface area contributed by atoms with Gasteiger partial charge in [-0.2, -0.15) is 8.42 Å². The maximum atomic E-state index is 13.3. The highest BCUT2D eigenvalue weighted by atomic mass is 32.2. The Kier molecular flexibility index (Phi) is 6.24. The van der Waals surface area contributed by atoms with Crippen molar-refractivity contribution in [1.82, 2.24) is 14.5 Å². The molecule has 0 aliphatic carbocycles. The van der Waals surface area contributed by atoms with E-state index in [1.807, 2.05) is 48.5 Å². The number of benzene rings is 2. The first-order valence-corrected chi connectivity index (χ1v) is 11.6. The lowest BCUT2D eigenvalue weighted by atomic mass is 10.0. The van der Waals surface area contributed by atoms with Gasteiger partial charge < -0.3 is 14.2 Å². The predicted molar refractivity (Wildman–Crippen MR) is 122 cm³/mol. The topological polar surface area (TPSA) is 90.9 Å². The number of hydrogen-bond acceptors (Lipinski definition) is 8. The lowest BCUT2D eigenvalue weighted by Crippen LogP contribution is -2.33. The van der Waals surface area contributed by atoms with Gasteiger partial charge in [-0.05, 0) is 54.2 Å². The Morgan fingerprint density at radius 2 is 1.78 bits per heavy atom. The molecule has 2 heterocycles. The first-order chi connectivity index (χ1) is 15.4. The fourth-order valence-corrected chi connectivity index (χ4v) is 5.27. The Morgan fingerprint density at radius 1 is 1.03 bits per heavy atom. The average molecular weight is 472 g/mol. The standard InChI is InChI=1S/C22H21N3O5S2/c1-28-18-9-7-15(8-10-18)19-14-17(13-16-5-3-4-6-20(16)29-2)21(24-23-19)32(26,27)25-11-12-30-22(25)31/h3-10,14H,11-13H2,1-2H3. The quantitative estimate of drug-likeness (QED) is 0.486. The number of thiocarbonyl (C=S) groups is 1. The molecule has 4 rings (SSSR count). The van der Waals surface area contributed by atoms with E-state index in [-0.39, 0.29) is 29.8 Å². The summed E-state index contributed by atoms with van der Waals surface area (Å²) in [6.07, 6.45) is 0.276. The second-order valence-corrected chi connectivity index (χ2v) is 9.10. The van der Waals surface area contributed by atoms with Gasteiger partial charge in [0.1, 0.15) is 18.1 Å². The van der Waals surface area contributed by atoms with Crippen molar-refractivity contribution in [2.75, 3.05) is 27.4 Å². The average Bonchev–Trinajstić information content (AvgIpc) is 3.26. The zero-order valence-electron chi connectivity index (χ0n) is 17.5. The van der Waals surface area contributed by atoms with Gasteiger partial charge in [0, 0.05) is 17.5 Å². The molecule has 32 heavy (non-hydrogen) atoms. The molecule has 0 spiro atoms. The van der Waals surface area contributed by atoms with Crippen LogP contribution in [0, 0.1) is 0 Å². The van der Waals surface area contributed by atoms with Crippen molar-refractivity contribution in [1.29, 1.82) is 0 Å². The Labute approximate surface area is 191 Å². The molecular formula is C22H21N3O5S2. The molecule has 1 aliphatic rings. The van der Waals surface area contributed by atoms with E-state index in [0.29, 0.717) is 22.8 Å². The molecular weight excluding hydrogens is 450 g/mol. The summed E-state index contributed by atoms with van der Waals surface area (Å²) in [6.45, 7) is 0.342. The van der Waals surface area contributed by atoms with Crippen LogP contribution in [-0.2, 0) is 21.2 Å². The van der Waals surface area contributed by atoms with Gasteiger partial charge in [0.05, 0.1) is 26.5 Å². The van der Waals surface area contributed by atoms with Crippen LogP contribution in [0.25, 0.3) is 11.3 Å². The first-order valence-electron chi connectivity index (χ1n) is 9.76. The number of aromatic nitrogens is 2. The van der Waals surface area contributed by atoms with Gasteiger partial charge >= 0.3 is 0 Å². The minimum Gasteiger partial charge on any atom is -0.497 e. The van der Waals surface area contributed by atoms with Crippen LogP contribution in [0.3, 0.4) is 0 Å². The summed E-state index contributed by atoms with van der Waals surface area (Å²) in [5, 5.41) is 8.09. The molecule has 1 saturated heterocycles. The maximum absolute atomic E-state index is 13.3. The molecule has 0 bridgehead atoms. The number of ether oxygens (including phenoxy) is 3. The van der Waals surface area contributed by atoms with Crippen molar-refractivity contribution in [2.24, 2.45) is 0 Å². The predicted octanol–water partition coefficient (Wildman–Crippen LogP) is 3.06. The van der Waals surface area contributed by atoms with Crippen molar-refractivity contribution >= 4 is 27.4 Å². The summed E-state index contributed by atoms with van der Waals surface area (Å²) in [7, 11) is -0.872. The number of methoxy groups -OCH3 is 2. The lowest BCUT2D eigenvalue weighted by molar-refractivity contribution is 0.361. The Hall–Kier alpha value is -3.24. The largest absolute Gasteiger partial charge is 0.497 e. The van der Waals surface area contributed by atoms with Crippen molar-refractivity contribution in [3.63, 3.8) is 0 Å². The monoisotopic (exact) mass is 471 g/mol. The zero-order valence-corrected chi connectivity index (χ0v) is 19.1. The minimum absolute atomic E-state index is 0.0886. The number of sulfonamides is 1. The summed E-state index contributed by atoms with van der Waals surface area (Å²) in [4.78, 5) is 0. The van der Waals surface area contributed by atoms with Crippen LogP contribution in [0.2, 0.25) is 0 Å². The van der Waals surface area contributed by atoms with Crippen LogP contribution in [0.4, 0.5) is 0 Å². The van der Waals surface area contributed by atoms with Gasteiger partial charge in [0.2, 0.25) is 5.03 Å². The number of rotatable bonds is 7. The third-order valence-corrected chi connectivity index (χ3v) is 7.27. The summed E-state index contributed by atoms with van der Waals surface area (Å²) < 4.78 is 43.6. The molecule has 3 aromatic rings. The van der Waals surface area contributed by atoms with Crippen molar-refractivity contribution in [2.45, 2.75) is 11.4 Å². The van der Waals surface area contributed by atoms with Crippen LogP contribution >= 0.6 is 12.2 Å². The molecule has 0 saturated carbocycles. The SMILES string of the molecule is COc1ccc(-c2cc(Cc3ccccc3OC)c(S(=O)(=O)N3CCOC3=S)nn2)cc1. The second kappa shape index (κ2) is 9.09. The van der Waals surface area contributed by atoms with Crippen LogP contribution in [0.15, 0.2) is 59.6 Å². The van der Waals surface area contributed by atoms with Crippen LogP contribution in [0.1, 0.15) is 11.1 Å². The molecule has 166 valence electrons. The highest BCUT2D eigenvalue weighted by molar-refractivity contribution is 7.91. The van der Waals surface area contributed by atoms with Gasteiger partial charge in [-0.25, -0.2) is 4.31 Å². The van der Waals surface area contributed by atoms with E-state index in [1.54, 1.807) is 20.3 Å². The summed E-state index contributed by atoms with van der Waals surface area (Å²) >= 11 is 5.07.